The third-order valence-corrected chi connectivity index (χ3v) is 2.27. The van der Waals surface area contributed by atoms with Gasteiger partial charge in [-0.3, -0.25) is 0 Å². The van der Waals surface area contributed by atoms with Gasteiger partial charge in [0.05, 0.1) is 6.61 Å². The second-order valence-electron chi connectivity index (χ2n) is 2.33. The van der Waals surface area contributed by atoms with Crippen molar-refractivity contribution < 1.29 is 17.9 Å². The van der Waals surface area contributed by atoms with E-state index in [-0.39, 0.29) is 6.61 Å². The monoisotopic (exact) mass is 244 g/mol. The maximum absolute atomic E-state index is 13.0. The van der Waals surface area contributed by atoms with Gasteiger partial charge in [-0.05, 0) is 6.92 Å². The van der Waals surface area contributed by atoms with E-state index < -0.39 is 33.2 Å². The minimum absolute atomic E-state index is 0.0675. The Labute approximate surface area is 88.4 Å². The van der Waals surface area contributed by atoms with Crippen LogP contribution in [0.5, 0.6) is 5.75 Å². The largest absolute Gasteiger partial charge is 0.489 e. The molecule has 0 spiro atoms. The minimum atomic E-state index is -1.69. The molecular formula is C8H5Cl2F3O. The van der Waals surface area contributed by atoms with Gasteiger partial charge in [-0.15, -0.1) is 0 Å². The smallest absolute Gasteiger partial charge is 0.205 e. The zero-order valence-electron chi connectivity index (χ0n) is 7.01. The summed E-state index contributed by atoms with van der Waals surface area (Å²) in [6.07, 6.45) is 0. The lowest BCUT2D eigenvalue weighted by molar-refractivity contribution is 0.309. The molecule has 14 heavy (non-hydrogen) atoms. The standard InChI is InChI=1S/C8H5Cl2F3O/c1-2-14-8-4(10)3(9)5(11)6(12)7(8)13/h2H2,1H3. The fourth-order valence-electron chi connectivity index (χ4n) is 0.856. The molecule has 0 saturated heterocycles. The zero-order chi connectivity index (χ0) is 10.9. The molecule has 0 amide bonds. The molecule has 0 fully saturated rings. The van der Waals surface area contributed by atoms with Crippen LogP contribution in [0.3, 0.4) is 0 Å². The molecule has 0 N–H and O–H groups in total. The van der Waals surface area contributed by atoms with Crippen molar-refractivity contribution in [2.45, 2.75) is 6.92 Å². The molecule has 1 aromatic carbocycles. The Morgan fingerprint density at radius 3 is 2.07 bits per heavy atom. The number of halogens is 5. The summed E-state index contributed by atoms with van der Waals surface area (Å²) in [6, 6.07) is 0. The molecule has 1 nitrogen and oxygen atoms in total. The summed E-state index contributed by atoms with van der Waals surface area (Å²) in [4.78, 5) is 0. The molecule has 0 atom stereocenters. The fraction of sp³-hybridized carbons (Fsp3) is 0.250. The molecule has 0 heterocycles. The van der Waals surface area contributed by atoms with E-state index in [1.165, 1.54) is 0 Å². The van der Waals surface area contributed by atoms with E-state index in [4.69, 9.17) is 23.2 Å². The van der Waals surface area contributed by atoms with Crippen molar-refractivity contribution in [1.82, 2.24) is 0 Å². The highest BCUT2D eigenvalue weighted by atomic mass is 35.5. The van der Waals surface area contributed by atoms with Crippen molar-refractivity contribution in [3.8, 4) is 5.75 Å². The predicted octanol–water partition coefficient (Wildman–Crippen LogP) is 3.81. The summed E-state index contributed by atoms with van der Waals surface area (Å²) in [6.45, 7) is 1.61. The molecule has 0 radical (unpaired) electrons. The topological polar surface area (TPSA) is 9.23 Å². The van der Waals surface area contributed by atoms with E-state index in [0.29, 0.717) is 0 Å². The van der Waals surface area contributed by atoms with Gasteiger partial charge in [0.25, 0.3) is 0 Å². The quantitative estimate of drug-likeness (QED) is 0.568. The van der Waals surface area contributed by atoms with Crippen molar-refractivity contribution in [2.24, 2.45) is 0 Å². The lowest BCUT2D eigenvalue weighted by Crippen LogP contribution is -2.01. The van der Waals surface area contributed by atoms with Crippen molar-refractivity contribution >= 4 is 23.2 Å². The normalized spacial score (nSPS) is 10.4. The molecule has 0 aromatic heterocycles. The first kappa shape index (κ1) is 11.5. The highest BCUT2D eigenvalue weighted by molar-refractivity contribution is 6.43. The van der Waals surface area contributed by atoms with Crippen molar-refractivity contribution in [3.05, 3.63) is 27.5 Å². The lowest BCUT2D eigenvalue weighted by Gasteiger charge is -2.09. The number of rotatable bonds is 2. The van der Waals surface area contributed by atoms with Crippen LogP contribution in [0.4, 0.5) is 13.2 Å². The molecule has 0 aliphatic carbocycles. The highest BCUT2D eigenvalue weighted by Crippen LogP contribution is 2.38. The van der Waals surface area contributed by atoms with Gasteiger partial charge in [0.1, 0.15) is 10.0 Å². The molecule has 0 unspecified atom stereocenters. The highest BCUT2D eigenvalue weighted by Gasteiger charge is 2.23. The zero-order valence-corrected chi connectivity index (χ0v) is 8.52. The molecule has 0 bridgehead atoms. The summed E-state index contributed by atoms with van der Waals surface area (Å²) in [5.74, 6) is -5.25. The maximum Gasteiger partial charge on any atom is 0.205 e. The molecule has 0 aliphatic rings. The average molecular weight is 245 g/mol. The van der Waals surface area contributed by atoms with Gasteiger partial charge in [0.2, 0.25) is 5.82 Å². The Bertz CT molecular complexity index is 339. The molecule has 0 saturated carbocycles. The van der Waals surface area contributed by atoms with E-state index in [0.717, 1.165) is 0 Å². The van der Waals surface area contributed by atoms with Gasteiger partial charge in [0, 0.05) is 0 Å². The minimum Gasteiger partial charge on any atom is -0.489 e. The van der Waals surface area contributed by atoms with E-state index in [1.807, 2.05) is 0 Å². The van der Waals surface area contributed by atoms with E-state index in [9.17, 15) is 13.2 Å². The Morgan fingerprint density at radius 1 is 1.00 bits per heavy atom. The van der Waals surface area contributed by atoms with Crippen molar-refractivity contribution in [3.63, 3.8) is 0 Å². The second kappa shape index (κ2) is 4.28. The predicted molar refractivity (Wildman–Crippen MR) is 47.5 cm³/mol. The third kappa shape index (κ3) is 1.77. The van der Waals surface area contributed by atoms with Gasteiger partial charge in [-0.2, -0.15) is 4.39 Å². The first-order valence-corrected chi connectivity index (χ1v) is 4.40. The van der Waals surface area contributed by atoms with Crippen LogP contribution in [0.2, 0.25) is 10.0 Å². The third-order valence-electron chi connectivity index (χ3n) is 1.46. The van der Waals surface area contributed by atoms with Crippen molar-refractivity contribution in [1.29, 1.82) is 0 Å². The number of ether oxygens (including phenoxy) is 1. The van der Waals surface area contributed by atoms with E-state index >= 15 is 0 Å². The van der Waals surface area contributed by atoms with Crippen LogP contribution in [0.1, 0.15) is 6.92 Å². The van der Waals surface area contributed by atoms with Gasteiger partial charge in [0.15, 0.2) is 17.4 Å². The average Bonchev–Trinajstić information content (AvgIpc) is 2.19. The van der Waals surface area contributed by atoms with Crippen LogP contribution in [-0.4, -0.2) is 6.61 Å². The van der Waals surface area contributed by atoms with Gasteiger partial charge in [-0.1, -0.05) is 23.2 Å². The Hall–Kier alpha value is -0.610. The first-order valence-electron chi connectivity index (χ1n) is 3.64. The summed E-state index contributed by atoms with van der Waals surface area (Å²) in [7, 11) is 0. The van der Waals surface area contributed by atoms with Gasteiger partial charge >= 0.3 is 0 Å². The summed E-state index contributed by atoms with van der Waals surface area (Å²) in [5, 5.41) is -1.15. The molecule has 1 rings (SSSR count). The number of hydrogen-bond donors (Lipinski definition) is 0. The lowest BCUT2D eigenvalue weighted by atomic mass is 10.3. The Morgan fingerprint density at radius 2 is 1.57 bits per heavy atom. The summed E-state index contributed by atoms with van der Waals surface area (Å²) < 4.78 is 43.3. The van der Waals surface area contributed by atoms with Gasteiger partial charge < -0.3 is 4.74 Å². The molecule has 1 aromatic rings. The molecule has 78 valence electrons. The Balaban J connectivity index is 3.43. The molecular weight excluding hydrogens is 240 g/mol. The SMILES string of the molecule is CCOc1c(F)c(F)c(F)c(Cl)c1Cl. The van der Waals surface area contributed by atoms with Crippen LogP contribution in [-0.2, 0) is 0 Å². The Kier molecular flexibility index (Phi) is 3.50. The van der Waals surface area contributed by atoms with Gasteiger partial charge in [-0.25, -0.2) is 8.78 Å². The molecule has 0 aliphatic heterocycles. The van der Waals surface area contributed by atoms with Crippen LogP contribution in [0.15, 0.2) is 0 Å². The summed E-state index contributed by atoms with van der Waals surface area (Å²) >= 11 is 10.8. The van der Waals surface area contributed by atoms with Crippen LogP contribution < -0.4 is 4.74 Å². The first-order chi connectivity index (χ1) is 6.50. The van der Waals surface area contributed by atoms with Crippen LogP contribution in [0.25, 0.3) is 0 Å². The number of benzene rings is 1. The van der Waals surface area contributed by atoms with Crippen molar-refractivity contribution in [2.75, 3.05) is 6.61 Å². The fourth-order valence-corrected chi connectivity index (χ4v) is 1.25. The van der Waals surface area contributed by atoms with E-state index in [1.54, 1.807) is 6.92 Å². The van der Waals surface area contributed by atoms with Crippen LogP contribution in [0, 0.1) is 17.5 Å². The molecule has 6 heteroatoms. The number of hydrogen-bond acceptors (Lipinski definition) is 1. The maximum atomic E-state index is 13.0. The van der Waals surface area contributed by atoms with Crippen LogP contribution >= 0.6 is 23.2 Å². The summed E-state index contributed by atoms with van der Waals surface area (Å²) in [5.41, 5.74) is 0. The second-order valence-corrected chi connectivity index (χ2v) is 3.09. The van der Waals surface area contributed by atoms with E-state index in [2.05, 4.69) is 4.74 Å².